The van der Waals surface area contributed by atoms with Crippen LogP contribution in [0.3, 0.4) is 0 Å². The summed E-state index contributed by atoms with van der Waals surface area (Å²) in [6.45, 7) is 3.16. The van der Waals surface area contributed by atoms with Gasteiger partial charge in [0.1, 0.15) is 41.0 Å². The number of nitrogens with zero attached hydrogens (tertiary/aromatic N) is 5. The van der Waals surface area contributed by atoms with Gasteiger partial charge in [-0.15, -0.1) is 0 Å². The minimum absolute atomic E-state index is 0.267. The number of benzene rings is 2. The number of hydrogen-bond donors (Lipinski definition) is 2. The molecule has 2 aromatic heterocycles. The molecule has 184 valence electrons. The average molecular weight is 490 g/mol. The highest BCUT2D eigenvalue weighted by Crippen LogP contribution is 2.41. The second-order valence-electron chi connectivity index (χ2n) is 9.03. The highest BCUT2D eigenvalue weighted by atomic mass is 19.1. The van der Waals surface area contributed by atoms with Crippen LogP contribution in [0.5, 0.6) is 5.75 Å². The summed E-state index contributed by atoms with van der Waals surface area (Å²) in [5.74, 6) is 1.18. The first-order valence-electron chi connectivity index (χ1n) is 12.1. The molecular weight excluding hydrogens is 464 g/mol. The Morgan fingerprint density at radius 2 is 2.00 bits per heavy atom. The van der Waals surface area contributed by atoms with E-state index in [0.29, 0.717) is 36.8 Å². The molecule has 10 heteroatoms. The fraction of sp³-hybridized carbons (Fsp3) is 0.308. The first kappa shape index (κ1) is 22.4. The monoisotopic (exact) mass is 489 g/mol. The van der Waals surface area contributed by atoms with Crippen LogP contribution in [-0.4, -0.2) is 37.9 Å². The van der Waals surface area contributed by atoms with Crippen molar-refractivity contribution < 1.29 is 13.5 Å². The number of anilines is 3. The SMILES string of the molecule is Cc1ncnn1-c1ccc2cc1OCCCCNc1nc(nc3c1CCC3c1ccc(F)cc1F)N2. The lowest BCUT2D eigenvalue weighted by Gasteiger charge is -2.16. The number of hydrogen-bond acceptors (Lipinski definition) is 7. The van der Waals surface area contributed by atoms with E-state index in [9.17, 15) is 8.78 Å². The fourth-order valence-corrected chi connectivity index (χ4v) is 4.91. The van der Waals surface area contributed by atoms with E-state index in [1.165, 1.54) is 18.5 Å². The molecule has 2 aliphatic rings. The Bertz CT molecular complexity index is 1440. The topological polar surface area (TPSA) is 89.8 Å². The van der Waals surface area contributed by atoms with Crippen molar-refractivity contribution in [2.45, 2.75) is 38.5 Å². The van der Waals surface area contributed by atoms with Crippen molar-refractivity contribution in [3.8, 4) is 11.4 Å². The molecule has 0 spiro atoms. The molecule has 1 aliphatic carbocycles. The van der Waals surface area contributed by atoms with Gasteiger partial charge in [0.05, 0.1) is 12.3 Å². The van der Waals surface area contributed by atoms with E-state index in [-0.39, 0.29) is 5.92 Å². The van der Waals surface area contributed by atoms with Gasteiger partial charge in [0, 0.05) is 35.8 Å². The van der Waals surface area contributed by atoms with Gasteiger partial charge in [0.15, 0.2) is 0 Å². The molecule has 1 aliphatic heterocycles. The summed E-state index contributed by atoms with van der Waals surface area (Å²) in [7, 11) is 0. The van der Waals surface area contributed by atoms with Gasteiger partial charge in [-0.05, 0) is 56.4 Å². The van der Waals surface area contributed by atoms with Gasteiger partial charge in [-0.2, -0.15) is 10.1 Å². The van der Waals surface area contributed by atoms with Gasteiger partial charge in [0.25, 0.3) is 0 Å². The van der Waals surface area contributed by atoms with E-state index in [1.807, 2.05) is 25.1 Å². The largest absolute Gasteiger partial charge is 0.491 e. The molecule has 36 heavy (non-hydrogen) atoms. The van der Waals surface area contributed by atoms with Crippen molar-refractivity contribution in [3.63, 3.8) is 0 Å². The Labute approximate surface area is 206 Å². The number of aryl methyl sites for hydroxylation is 1. The maximum Gasteiger partial charge on any atom is 0.229 e. The summed E-state index contributed by atoms with van der Waals surface area (Å²) in [4.78, 5) is 13.8. The predicted octanol–water partition coefficient (Wildman–Crippen LogP) is 5.05. The number of fused-ring (bicyclic) bond motifs is 6. The van der Waals surface area contributed by atoms with Crippen molar-refractivity contribution in [2.24, 2.45) is 0 Å². The molecule has 0 fully saturated rings. The summed E-state index contributed by atoms with van der Waals surface area (Å²) < 4.78 is 36.1. The summed E-state index contributed by atoms with van der Waals surface area (Å²) in [6, 6.07) is 9.47. The molecule has 2 aromatic carbocycles. The van der Waals surface area contributed by atoms with Crippen molar-refractivity contribution in [2.75, 3.05) is 23.8 Å². The van der Waals surface area contributed by atoms with Crippen LogP contribution < -0.4 is 15.4 Å². The normalized spacial score (nSPS) is 17.0. The van der Waals surface area contributed by atoms with Crippen LogP contribution in [0.1, 0.15) is 47.8 Å². The lowest BCUT2D eigenvalue weighted by atomic mass is 9.96. The van der Waals surface area contributed by atoms with Crippen LogP contribution in [-0.2, 0) is 6.42 Å². The molecule has 4 bridgehead atoms. The molecule has 1 atom stereocenters. The number of ether oxygens (including phenoxy) is 1. The van der Waals surface area contributed by atoms with Gasteiger partial charge < -0.3 is 15.4 Å². The first-order chi connectivity index (χ1) is 17.6. The molecule has 3 heterocycles. The van der Waals surface area contributed by atoms with E-state index in [0.717, 1.165) is 59.6 Å². The number of halogens is 2. The third-order valence-electron chi connectivity index (χ3n) is 6.67. The maximum atomic E-state index is 14.7. The third-order valence-corrected chi connectivity index (χ3v) is 6.67. The van der Waals surface area contributed by atoms with Gasteiger partial charge in [-0.25, -0.2) is 23.4 Å². The molecule has 0 amide bonds. The minimum atomic E-state index is -0.588. The molecule has 8 nitrogen and oxygen atoms in total. The third kappa shape index (κ3) is 4.12. The Balaban J connectivity index is 1.41. The molecular formula is C26H25F2N7O. The molecule has 6 rings (SSSR count). The number of nitrogens with one attached hydrogen (secondary N) is 2. The minimum Gasteiger partial charge on any atom is -0.491 e. The average Bonchev–Trinajstić information content (AvgIpc) is 3.47. The summed E-state index contributed by atoms with van der Waals surface area (Å²) in [5, 5.41) is 11.1. The van der Waals surface area contributed by atoms with Gasteiger partial charge in [0.2, 0.25) is 5.95 Å². The standard InChI is InChI=1S/C26H25F2N7O/c1-15-30-14-31-35(15)22-9-5-17-13-23(22)36-11-3-2-10-29-25-20-8-7-19(24(20)33-26(32-17)34-25)18-6-4-16(27)12-21(18)28/h4-6,9,12-14,19H,2-3,7-8,10-11H2,1H3,(H2,29,32,33,34). The second-order valence-corrected chi connectivity index (χ2v) is 9.03. The van der Waals surface area contributed by atoms with Crippen LogP contribution in [0.15, 0.2) is 42.7 Å². The molecule has 0 radical (unpaired) electrons. The zero-order valence-electron chi connectivity index (χ0n) is 19.8. The maximum absolute atomic E-state index is 14.7. The van der Waals surface area contributed by atoms with Crippen LogP contribution in [0, 0.1) is 18.6 Å². The Hall–Kier alpha value is -4.08. The van der Waals surface area contributed by atoms with Crippen LogP contribution in [0.2, 0.25) is 0 Å². The van der Waals surface area contributed by atoms with E-state index >= 15 is 0 Å². The van der Waals surface area contributed by atoms with Gasteiger partial charge >= 0.3 is 0 Å². The summed E-state index contributed by atoms with van der Waals surface area (Å²) in [5.41, 5.74) is 3.75. The smallest absolute Gasteiger partial charge is 0.229 e. The Morgan fingerprint density at radius 3 is 2.83 bits per heavy atom. The zero-order chi connectivity index (χ0) is 24.6. The first-order valence-corrected chi connectivity index (χ1v) is 12.1. The fourth-order valence-electron chi connectivity index (χ4n) is 4.91. The lowest BCUT2D eigenvalue weighted by Crippen LogP contribution is -2.11. The highest BCUT2D eigenvalue weighted by molar-refractivity contribution is 5.64. The highest BCUT2D eigenvalue weighted by Gasteiger charge is 2.31. The van der Waals surface area contributed by atoms with Crippen LogP contribution >= 0.6 is 0 Å². The Kier molecular flexibility index (Phi) is 5.71. The van der Waals surface area contributed by atoms with E-state index < -0.39 is 11.6 Å². The lowest BCUT2D eigenvalue weighted by molar-refractivity contribution is 0.307. The summed E-state index contributed by atoms with van der Waals surface area (Å²) in [6.07, 6.45) is 4.66. The Morgan fingerprint density at radius 1 is 1.08 bits per heavy atom. The predicted molar refractivity (Wildman–Crippen MR) is 131 cm³/mol. The molecule has 1 unspecified atom stereocenters. The van der Waals surface area contributed by atoms with Crippen molar-refractivity contribution in [1.82, 2.24) is 24.7 Å². The number of aromatic nitrogens is 5. The molecule has 0 saturated heterocycles. The van der Waals surface area contributed by atoms with Crippen molar-refractivity contribution in [1.29, 1.82) is 0 Å². The second kappa shape index (κ2) is 9.18. The van der Waals surface area contributed by atoms with Gasteiger partial charge in [-0.1, -0.05) is 6.07 Å². The van der Waals surface area contributed by atoms with Crippen LogP contribution in [0.4, 0.5) is 26.2 Å². The molecule has 0 saturated carbocycles. The number of rotatable bonds is 2. The van der Waals surface area contributed by atoms with E-state index in [4.69, 9.17) is 14.7 Å². The van der Waals surface area contributed by atoms with Crippen LogP contribution in [0.25, 0.3) is 5.69 Å². The van der Waals surface area contributed by atoms with Crippen molar-refractivity contribution >= 4 is 17.5 Å². The zero-order valence-corrected chi connectivity index (χ0v) is 19.8. The van der Waals surface area contributed by atoms with E-state index in [1.54, 1.807) is 4.68 Å². The summed E-state index contributed by atoms with van der Waals surface area (Å²) >= 11 is 0. The van der Waals surface area contributed by atoms with Crippen molar-refractivity contribution in [3.05, 3.63) is 77.0 Å². The quantitative estimate of drug-likeness (QED) is 0.407. The van der Waals surface area contributed by atoms with Gasteiger partial charge in [-0.3, -0.25) is 0 Å². The molecule has 2 N–H and O–H groups in total. The van der Waals surface area contributed by atoms with E-state index in [2.05, 4.69) is 20.7 Å². The molecule has 4 aromatic rings.